The molecule has 13 heteroatoms. The van der Waals surface area contributed by atoms with Crippen molar-refractivity contribution in [1.82, 2.24) is 15.0 Å². The number of carboxylic acid groups (broad SMARTS) is 1. The van der Waals surface area contributed by atoms with E-state index in [1.807, 2.05) is 27.6 Å². The highest BCUT2D eigenvalue weighted by Crippen LogP contribution is 2.36. The number of carboxylic acids is 1. The highest BCUT2D eigenvalue weighted by molar-refractivity contribution is 5.94. The molecule has 0 saturated heterocycles. The minimum Gasteiger partial charge on any atom is -0.493 e. The van der Waals surface area contributed by atoms with E-state index < -0.39 is 30.4 Å². The molecule has 4 rings (SSSR count). The van der Waals surface area contributed by atoms with Crippen LogP contribution in [0.1, 0.15) is 32.4 Å². The average Bonchev–Trinajstić information content (AvgIpc) is 3.37. The first-order valence-electron chi connectivity index (χ1n) is 12.6. The van der Waals surface area contributed by atoms with Crippen molar-refractivity contribution in [2.75, 3.05) is 26.1 Å². The summed E-state index contributed by atoms with van der Waals surface area (Å²) < 4.78 is 26.1. The maximum atomic E-state index is 15.1. The van der Waals surface area contributed by atoms with E-state index in [4.69, 9.17) is 24.5 Å². The van der Waals surface area contributed by atoms with Crippen LogP contribution in [-0.2, 0) is 9.59 Å². The van der Waals surface area contributed by atoms with Gasteiger partial charge in [0.1, 0.15) is 25.5 Å². The van der Waals surface area contributed by atoms with E-state index in [1.165, 1.54) is 13.4 Å². The molecule has 4 aromatic rings. The van der Waals surface area contributed by atoms with Crippen molar-refractivity contribution in [2.45, 2.75) is 45.8 Å². The molecule has 41 heavy (non-hydrogen) atoms. The lowest BCUT2D eigenvalue weighted by Crippen LogP contribution is -2.25. The lowest BCUT2D eigenvalue weighted by atomic mass is 10.1. The van der Waals surface area contributed by atoms with Gasteiger partial charge >= 0.3 is 5.97 Å². The van der Waals surface area contributed by atoms with Gasteiger partial charge in [0, 0.05) is 41.6 Å². The number of aryl methyl sites for hydroxylation is 1. The van der Waals surface area contributed by atoms with Gasteiger partial charge in [-0.25, -0.2) is 14.4 Å². The zero-order chi connectivity index (χ0) is 31.1. The van der Waals surface area contributed by atoms with Crippen molar-refractivity contribution in [2.24, 2.45) is 0 Å². The number of aliphatic carboxylic acids is 1. The molecule has 0 aliphatic rings. The van der Waals surface area contributed by atoms with Crippen LogP contribution in [0.3, 0.4) is 0 Å². The molecule has 2 aromatic heterocycles. The Morgan fingerprint density at radius 3 is 2.39 bits per heavy atom. The highest BCUT2D eigenvalue weighted by Gasteiger charge is 2.18. The number of hydrogen-bond acceptors (Lipinski definition) is 10. The van der Waals surface area contributed by atoms with Crippen LogP contribution in [0.25, 0.3) is 21.8 Å². The Kier molecular flexibility index (Phi) is 14.7. The molecular formula is C28H37FN4O8. The van der Waals surface area contributed by atoms with Crippen molar-refractivity contribution < 1.29 is 43.9 Å². The molecule has 0 saturated carbocycles. The Hall–Kier alpha value is -4.33. The van der Waals surface area contributed by atoms with Gasteiger partial charge < -0.3 is 45.0 Å². The SMILES string of the molecule is C=O.CC.CO.COc1cc2c(Nc3ccc4[nH]c(C)cc4c3F)ncnc2cc1OCC(O)CC(O)CC(=O)O. The average molecular weight is 577 g/mol. The Morgan fingerprint density at radius 1 is 1.07 bits per heavy atom. The number of nitrogens with one attached hydrogen (secondary N) is 2. The van der Waals surface area contributed by atoms with E-state index >= 15 is 4.39 Å². The van der Waals surface area contributed by atoms with Gasteiger partial charge in [-0.1, -0.05) is 13.8 Å². The number of rotatable bonds is 10. The van der Waals surface area contributed by atoms with Gasteiger partial charge in [-0.05, 0) is 31.2 Å². The van der Waals surface area contributed by atoms with Gasteiger partial charge in [0.05, 0.1) is 36.9 Å². The minimum atomic E-state index is -1.19. The van der Waals surface area contributed by atoms with Crippen LogP contribution >= 0.6 is 0 Å². The number of methoxy groups -OCH3 is 1. The summed E-state index contributed by atoms with van der Waals surface area (Å²) in [6, 6.07) is 8.36. The maximum absolute atomic E-state index is 15.1. The summed E-state index contributed by atoms with van der Waals surface area (Å²) >= 11 is 0. The van der Waals surface area contributed by atoms with Gasteiger partial charge in [-0.3, -0.25) is 4.79 Å². The summed E-state index contributed by atoms with van der Waals surface area (Å²) in [5.74, 6) is -0.599. The topological polar surface area (TPSA) is 187 Å². The van der Waals surface area contributed by atoms with Crippen LogP contribution in [0.5, 0.6) is 11.5 Å². The molecule has 224 valence electrons. The number of benzene rings is 2. The number of carbonyl (C=O) groups excluding carboxylic acids is 1. The number of aromatic amines is 1. The molecule has 0 amide bonds. The molecule has 0 spiro atoms. The molecule has 2 heterocycles. The molecule has 0 radical (unpaired) electrons. The van der Waals surface area contributed by atoms with Gasteiger partial charge in [-0.2, -0.15) is 0 Å². The summed E-state index contributed by atoms with van der Waals surface area (Å²) in [7, 11) is 2.44. The Balaban J connectivity index is 0.00000131. The van der Waals surface area contributed by atoms with Crippen LogP contribution in [0.15, 0.2) is 36.7 Å². The normalized spacial score (nSPS) is 11.5. The molecule has 0 bridgehead atoms. The number of halogens is 1. The number of anilines is 2. The second-order valence-corrected chi connectivity index (χ2v) is 8.16. The van der Waals surface area contributed by atoms with Crippen LogP contribution in [0.2, 0.25) is 0 Å². The number of H-pyrrole nitrogens is 1. The third-order valence-electron chi connectivity index (χ3n) is 5.43. The van der Waals surface area contributed by atoms with Gasteiger partial charge in [0.15, 0.2) is 17.3 Å². The number of hydrogen-bond donors (Lipinski definition) is 6. The quantitative estimate of drug-likeness (QED) is 0.161. The van der Waals surface area contributed by atoms with Crippen LogP contribution in [0.4, 0.5) is 15.9 Å². The summed E-state index contributed by atoms with van der Waals surface area (Å²) in [5, 5.41) is 39.5. The number of aromatic nitrogens is 3. The summed E-state index contributed by atoms with van der Waals surface area (Å²) in [4.78, 5) is 30.3. The predicted octanol–water partition coefficient (Wildman–Crippen LogP) is 3.73. The molecule has 0 fully saturated rings. The second-order valence-electron chi connectivity index (χ2n) is 8.16. The first-order valence-corrected chi connectivity index (χ1v) is 12.6. The van der Waals surface area contributed by atoms with Crippen molar-refractivity contribution in [3.8, 4) is 11.5 Å². The zero-order valence-electron chi connectivity index (χ0n) is 23.6. The third kappa shape index (κ3) is 9.38. The summed E-state index contributed by atoms with van der Waals surface area (Å²) in [6.45, 7) is 7.66. The number of nitrogens with zero attached hydrogens (tertiary/aromatic N) is 2. The van der Waals surface area contributed by atoms with E-state index in [0.29, 0.717) is 33.4 Å². The van der Waals surface area contributed by atoms with Gasteiger partial charge in [0.25, 0.3) is 0 Å². The van der Waals surface area contributed by atoms with E-state index in [-0.39, 0.29) is 24.5 Å². The molecule has 0 aliphatic carbocycles. The number of aliphatic hydroxyl groups excluding tert-OH is 3. The molecule has 2 unspecified atom stereocenters. The van der Waals surface area contributed by atoms with Crippen LogP contribution < -0.4 is 14.8 Å². The van der Waals surface area contributed by atoms with E-state index in [0.717, 1.165) is 12.8 Å². The van der Waals surface area contributed by atoms with E-state index in [1.54, 1.807) is 30.3 Å². The largest absolute Gasteiger partial charge is 0.493 e. The van der Waals surface area contributed by atoms with Crippen molar-refractivity contribution >= 4 is 46.1 Å². The third-order valence-corrected chi connectivity index (χ3v) is 5.43. The fourth-order valence-corrected chi connectivity index (χ4v) is 3.82. The molecular weight excluding hydrogens is 539 g/mol. The lowest BCUT2D eigenvalue weighted by Gasteiger charge is -2.17. The Labute approximate surface area is 236 Å². The Bertz CT molecular complexity index is 1400. The summed E-state index contributed by atoms with van der Waals surface area (Å²) in [5.41, 5.74) is 2.28. The van der Waals surface area contributed by atoms with E-state index in [2.05, 4.69) is 20.3 Å². The zero-order valence-corrected chi connectivity index (χ0v) is 23.6. The second kappa shape index (κ2) is 17.4. The highest BCUT2D eigenvalue weighted by atomic mass is 19.1. The first-order chi connectivity index (χ1) is 19.7. The number of carbonyl (C=O) groups is 2. The summed E-state index contributed by atoms with van der Waals surface area (Å²) in [6.07, 6.45) is -1.59. The maximum Gasteiger partial charge on any atom is 0.305 e. The van der Waals surface area contributed by atoms with Crippen LogP contribution in [0, 0.1) is 12.7 Å². The molecule has 0 aliphatic heterocycles. The molecule has 2 atom stereocenters. The number of ether oxygens (including phenoxy) is 2. The minimum absolute atomic E-state index is 0.158. The standard InChI is InChI=1S/C24H25FN4O6.C2H6.CH4O.CH2O/c1-12-5-15-17(28-12)3-4-18(23(15)25)29-24-16-8-20(34-2)21(9-19(16)26-11-27-24)35-10-14(31)6-13(30)7-22(32)33;3*1-2/h3-5,8-9,11,13-14,28,30-31H,6-7,10H2,1-2H3,(H,32,33)(H,26,27,29);1-2H3;2H,1H3;1H2. The number of fused-ring (bicyclic) bond motifs is 2. The monoisotopic (exact) mass is 576 g/mol. The van der Waals surface area contributed by atoms with Crippen molar-refractivity contribution in [1.29, 1.82) is 0 Å². The van der Waals surface area contributed by atoms with Crippen LogP contribution in [-0.4, -0.2) is 81.2 Å². The van der Waals surface area contributed by atoms with Crippen molar-refractivity contribution in [3.05, 3.63) is 48.2 Å². The fraction of sp³-hybridized carbons (Fsp3) is 0.357. The predicted molar refractivity (Wildman–Crippen MR) is 153 cm³/mol. The molecule has 12 nitrogen and oxygen atoms in total. The first kappa shape index (κ1) is 34.7. The van der Waals surface area contributed by atoms with Crippen molar-refractivity contribution in [3.63, 3.8) is 0 Å². The van der Waals surface area contributed by atoms with E-state index in [9.17, 15) is 15.0 Å². The Morgan fingerprint density at radius 2 is 1.76 bits per heavy atom. The molecule has 2 aromatic carbocycles. The smallest absolute Gasteiger partial charge is 0.305 e. The molecule has 6 N–H and O–H groups in total. The number of aliphatic hydroxyl groups is 3. The van der Waals surface area contributed by atoms with Gasteiger partial charge in [0.2, 0.25) is 0 Å². The van der Waals surface area contributed by atoms with Gasteiger partial charge in [-0.15, -0.1) is 0 Å². The lowest BCUT2D eigenvalue weighted by molar-refractivity contribution is -0.139. The fourth-order valence-electron chi connectivity index (χ4n) is 3.82.